The van der Waals surface area contributed by atoms with E-state index in [9.17, 15) is 20.0 Å². The van der Waals surface area contributed by atoms with Gasteiger partial charge in [-0.1, -0.05) is 54.6 Å². The number of aliphatic hydroxyl groups is 1. The molecule has 1 saturated heterocycles. The highest BCUT2D eigenvalue weighted by Crippen LogP contribution is 2.53. The van der Waals surface area contributed by atoms with Crippen molar-refractivity contribution in [3.05, 3.63) is 129 Å². The summed E-state index contributed by atoms with van der Waals surface area (Å²) >= 11 is 0. The van der Waals surface area contributed by atoms with Gasteiger partial charge < -0.3 is 33.1 Å². The van der Waals surface area contributed by atoms with E-state index in [1.807, 2.05) is 107 Å². The van der Waals surface area contributed by atoms with Crippen molar-refractivity contribution in [2.45, 2.75) is 82.3 Å². The number of hydrogen-bond donors (Lipinski definition) is 2. The Balaban J connectivity index is 1.74. The summed E-state index contributed by atoms with van der Waals surface area (Å²) in [5, 5.41) is 22.6. The van der Waals surface area contributed by atoms with Crippen LogP contribution in [0.15, 0.2) is 101 Å². The molecule has 13 nitrogen and oxygen atoms in total. The van der Waals surface area contributed by atoms with Gasteiger partial charge in [0.15, 0.2) is 6.23 Å². The number of nitrogens with zero attached hydrogens (tertiary/aromatic N) is 3. The SMILES string of the molecule is COc1ccc(C(c2ccccc2)(c2ccc(OC)cc2)C(O)[C@H]2O[C@@H](n3ccc(=O)[nH]c3=O)[C@H](OP(OCCC#N)N(C(C)C)C(C)C)[C@@H]2OC)cc1. The molecule has 0 bridgehead atoms. The van der Waals surface area contributed by atoms with E-state index in [2.05, 4.69) is 15.7 Å². The number of nitriles is 1. The van der Waals surface area contributed by atoms with Crippen LogP contribution in [0.1, 0.15) is 57.0 Å². The van der Waals surface area contributed by atoms with E-state index in [-0.39, 0.29) is 25.1 Å². The smallest absolute Gasteiger partial charge is 0.330 e. The fraction of sp³-hybridized carbons (Fsp3) is 0.425. The number of ether oxygens (including phenoxy) is 4. The molecule has 1 aliphatic heterocycles. The maximum atomic E-state index is 13.4. The molecule has 0 saturated carbocycles. The van der Waals surface area contributed by atoms with Crippen molar-refractivity contribution in [1.82, 2.24) is 14.2 Å². The predicted octanol–water partition coefficient (Wildman–Crippen LogP) is 5.52. The molecule has 54 heavy (non-hydrogen) atoms. The van der Waals surface area contributed by atoms with Crippen molar-refractivity contribution in [2.24, 2.45) is 0 Å². The molecule has 14 heteroatoms. The van der Waals surface area contributed by atoms with Crippen LogP contribution in [0.3, 0.4) is 0 Å². The molecule has 1 aromatic heterocycles. The Kier molecular flexibility index (Phi) is 13.8. The minimum atomic E-state index is -1.87. The molecule has 6 atom stereocenters. The van der Waals surface area contributed by atoms with E-state index >= 15 is 0 Å². The molecule has 2 heterocycles. The van der Waals surface area contributed by atoms with Crippen LogP contribution in [0, 0.1) is 11.3 Å². The first-order valence-corrected chi connectivity index (χ1v) is 18.9. The fourth-order valence-corrected chi connectivity index (χ4v) is 8.95. The lowest BCUT2D eigenvalue weighted by Gasteiger charge is -2.43. The number of benzene rings is 3. The van der Waals surface area contributed by atoms with Gasteiger partial charge in [0.2, 0.25) is 0 Å². The van der Waals surface area contributed by atoms with Gasteiger partial charge in [0, 0.05) is 31.5 Å². The fourth-order valence-electron chi connectivity index (χ4n) is 7.22. The van der Waals surface area contributed by atoms with E-state index in [4.69, 9.17) is 28.0 Å². The first-order chi connectivity index (χ1) is 26.0. The average molecular weight is 761 g/mol. The second-order valence-electron chi connectivity index (χ2n) is 13.4. The first kappa shape index (κ1) is 40.8. The van der Waals surface area contributed by atoms with Crippen LogP contribution in [0.4, 0.5) is 0 Å². The molecule has 1 aliphatic rings. The third kappa shape index (κ3) is 8.31. The zero-order valence-electron chi connectivity index (χ0n) is 31.6. The van der Waals surface area contributed by atoms with Crippen molar-refractivity contribution in [3.63, 3.8) is 0 Å². The standard InChI is InChI=1S/C40H49N4O9P/c1-26(2)44(27(3)4)54(51-25-11-23-41)53-36-34(50-7)35(52-38(36)43-24-22-33(45)42-39(43)47)37(46)40(28-12-9-8-10-13-28,29-14-18-31(48-5)19-15-29)30-16-20-32(49-6)21-17-30/h8-10,12-22,24,26-27,34-38,46H,11,25H2,1-7H3,(H,42,45,47)/t34-,35+,36-,37?,38-,54?/m1/s1. The van der Waals surface area contributed by atoms with Gasteiger partial charge in [0.1, 0.15) is 35.9 Å². The molecule has 5 rings (SSSR count). The minimum Gasteiger partial charge on any atom is -0.497 e. The number of nitrogens with one attached hydrogen (secondary N) is 1. The van der Waals surface area contributed by atoms with E-state index in [0.717, 1.165) is 16.7 Å². The third-order valence-electron chi connectivity index (χ3n) is 9.57. The normalized spacial score (nSPS) is 19.9. The van der Waals surface area contributed by atoms with Crippen LogP contribution in [0.5, 0.6) is 11.5 Å². The van der Waals surface area contributed by atoms with Crippen LogP contribution in [-0.4, -0.2) is 83.8 Å². The van der Waals surface area contributed by atoms with Crippen molar-refractivity contribution >= 4 is 8.53 Å². The average Bonchev–Trinajstić information content (AvgIpc) is 3.53. The summed E-state index contributed by atoms with van der Waals surface area (Å²) in [5.74, 6) is 1.26. The lowest BCUT2D eigenvalue weighted by atomic mass is 9.64. The number of aliphatic hydroxyl groups excluding tert-OH is 1. The molecular weight excluding hydrogens is 711 g/mol. The Bertz CT molecular complexity index is 1890. The quantitative estimate of drug-likeness (QED) is 0.0793. The monoisotopic (exact) mass is 760 g/mol. The summed E-state index contributed by atoms with van der Waals surface area (Å²) in [6.45, 7) is 8.16. The van der Waals surface area contributed by atoms with Gasteiger partial charge in [-0.05, 0) is 68.7 Å². The summed E-state index contributed by atoms with van der Waals surface area (Å²) in [5.41, 5.74) is -0.416. The number of methoxy groups -OCH3 is 3. The number of H-pyrrole nitrogens is 1. The van der Waals surface area contributed by atoms with E-state index < -0.39 is 55.8 Å². The van der Waals surface area contributed by atoms with Crippen molar-refractivity contribution < 1.29 is 33.1 Å². The van der Waals surface area contributed by atoms with Gasteiger partial charge in [0.25, 0.3) is 14.1 Å². The van der Waals surface area contributed by atoms with Crippen LogP contribution in [0.25, 0.3) is 0 Å². The number of hydrogen-bond acceptors (Lipinski definition) is 11. The molecule has 4 aromatic rings. The highest BCUT2D eigenvalue weighted by molar-refractivity contribution is 7.44. The lowest BCUT2D eigenvalue weighted by Crippen LogP contribution is -2.53. The van der Waals surface area contributed by atoms with Crippen LogP contribution in [-0.2, 0) is 23.9 Å². The van der Waals surface area contributed by atoms with Crippen molar-refractivity contribution in [3.8, 4) is 17.6 Å². The second kappa shape index (κ2) is 18.3. The Labute approximate surface area is 316 Å². The highest BCUT2D eigenvalue weighted by atomic mass is 31.2. The molecule has 288 valence electrons. The molecular formula is C40H49N4O9P. The summed E-state index contributed by atoms with van der Waals surface area (Å²) in [7, 11) is 2.80. The Hall–Kier alpha value is -4.38. The third-order valence-corrected chi connectivity index (χ3v) is 11.7. The zero-order valence-corrected chi connectivity index (χ0v) is 32.5. The molecule has 0 amide bonds. The summed E-state index contributed by atoms with van der Waals surface area (Å²) < 4.78 is 40.5. The maximum Gasteiger partial charge on any atom is 0.330 e. The number of aromatic amines is 1. The zero-order chi connectivity index (χ0) is 39.0. The van der Waals surface area contributed by atoms with Gasteiger partial charge in [-0.15, -0.1) is 0 Å². The molecule has 3 aromatic carbocycles. The topological polar surface area (TPSA) is 158 Å². The second-order valence-corrected chi connectivity index (χ2v) is 14.8. The van der Waals surface area contributed by atoms with Crippen LogP contribution in [0.2, 0.25) is 0 Å². The summed E-state index contributed by atoms with van der Waals surface area (Å²) in [4.78, 5) is 28.0. The van der Waals surface area contributed by atoms with E-state index in [1.165, 1.54) is 23.9 Å². The molecule has 0 radical (unpaired) electrons. The minimum absolute atomic E-state index is 0.0342. The molecule has 0 spiro atoms. The number of aromatic nitrogens is 2. The van der Waals surface area contributed by atoms with Gasteiger partial charge >= 0.3 is 5.69 Å². The van der Waals surface area contributed by atoms with E-state index in [1.54, 1.807) is 14.2 Å². The van der Waals surface area contributed by atoms with Gasteiger partial charge in [-0.2, -0.15) is 5.26 Å². The first-order valence-electron chi connectivity index (χ1n) is 17.8. The van der Waals surface area contributed by atoms with Gasteiger partial charge in [0.05, 0.1) is 38.7 Å². The van der Waals surface area contributed by atoms with Gasteiger partial charge in [-0.25, -0.2) is 9.46 Å². The van der Waals surface area contributed by atoms with Crippen molar-refractivity contribution in [2.75, 3.05) is 27.9 Å². The Morgan fingerprint density at radius 2 is 1.43 bits per heavy atom. The number of rotatable bonds is 17. The predicted molar refractivity (Wildman–Crippen MR) is 204 cm³/mol. The Morgan fingerprint density at radius 1 is 0.870 bits per heavy atom. The molecule has 2 N–H and O–H groups in total. The summed E-state index contributed by atoms with van der Waals surface area (Å²) in [6.07, 6.45) is -4.29. The van der Waals surface area contributed by atoms with E-state index in [0.29, 0.717) is 11.5 Å². The van der Waals surface area contributed by atoms with Crippen molar-refractivity contribution in [1.29, 1.82) is 5.26 Å². The Morgan fingerprint density at radius 3 is 1.91 bits per heavy atom. The maximum absolute atomic E-state index is 13.4. The largest absolute Gasteiger partial charge is 0.497 e. The molecule has 2 unspecified atom stereocenters. The van der Waals surface area contributed by atoms with Crippen LogP contribution < -0.4 is 20.7 Å². The molecule has 0 aliphatic carbocycles. The summed E-state index contributed by atoms with van der Waals surface area (Å²) in [6, 6.07) is 27.8. The van der Waals surface area contributed by atoms with Crippen LogP contribution >= 0.6 is 8.53 Å². The molecule has 1 fully saturated rings. The van der Waals surface area contributed by atoms with Gasteiger partial charge in [-0.3, -0.25) is 14.3 Å². The lowest BCUT2D eigenvalue weighted by molar-refractivity contribution is -0.104. The highest BCUT2D eigenvalue weighted by Gasteiger charge is 2.57.